The van der Waals surface area contributed by atoms with Crippen LogP contribution < -0.4 is 22.1 Å². The summed E-state index contributed by atoms with van der Waals surface area (Å²) in [6.07, 6.45) is 8.06. The molecule has 0 saturated carbocycles. The SMILES string of the molecule is CCCP(O)CN1CCN(CP(O)CCC(=O)NCCCN)CCN(CP(O)CCC=O)CCN(CP(O)CCC(=O)NCCCN)CC1. The van der Waals surface area contributed by atoms with Crippen LogP contribution in [0.2, 0.25) is 0 Å². The Morgan fingerprint density at radius 1 is 0.612 bits per heavy atom. The van der Waals surface area contributed by atoms with Crippen LogP contribution in [0.1, 0.15) is 45.4 Å². The summed E-state index contributed by atoms with van der Waals surface area (Å²) in [5.74, 6) is -0.163. The Balaban J connectivity index is 3.01. The van der Waals surface area contributed by atoms with Crippen molar-refractivity contribution in [2.24, 2.45) is 11.5 Å². The maximum absolute atomic E-state index is 12.2. The van der Waals surface area contributed by atoms with E-state index in [0.29, 0.717) is 141 Å². The van der Waals surface area contributed by atoms with Crippen LogP contribution in [0.25, 0.3) is 0 Å². The summed E-state index contributed by atoms with van der Waals surface area (Å²) in [7, 11) is -5.30. The van der Waals surface area contributed by atoms with Gasteiger partial charge in [0.2, 0.25) is 11.8 Å². The Labute approximate surface area is 299 Å². The predicted molar refractivity (Wildman–Crippen MR) is 205 cm³/mol. The van der Waals surface area contributed by atoms with Crippen molar-refractivity contribution in [3.8, 4) is 0 Å². The molecule has 0 radical (unpaired) electrons. The molecule has 0 aliphatic carbocycles. The number of rotatable bonds is 25. The molecule has 1 saturated heterocycles. The van der Waals surface area contributed by atoms with Crippen molar-refractivity contribution >= 4 is 50.7 Å². The molecule has 2 amide bonds. The summed E-state index contributed by atoms with van der Waals surface area (Å²) >= 11 is 0. The maximum atomic E-state index is 12.2. The van der Waals surface area contributed by atoms with Crippen molar-refractivity contribution in [3.05, 3.63) is 0 Å². The molecule has 1 aliphatic heterocycles. The van der Waals surface area contributed by atoms with Gasteiger partial charge in [-0.3, -0.25) is 29.2 Å². The van der Waals surface area contributed by atoms with Gasteiger partial charge in [0.1, 0.15) is 6.29 Å². The van der Waals surface area contributed by atoms with Gasteiger partial charge in [-0.25, -0.2) is 0 Å². The zero-order chi connectivity index (χ0) is 36.3. The molecular formula is C30H66N8O7P4. The van der Waals surface area contributed by atoms with E-state index in [1.165, 1.54) is 0 Å². The van der Waals surface area contributed by atoms with Crippen LogP contribution in [0.5, 0.6) is 0 Å². The second-order valence-electron chi connectivity index (χ2n) is 12.4. The van der Waals surface area contributed by atoms with Crippen LogP contribution in [0.4, 0.5) is 0 Å². The number of carbonyl (C=O) groups excluding carboxylic acids is 3. The maximum Gasteiger partial charge on any atom is 0.220 e. The van der Waals surface area contributed by atoms with Crippen LogP contribution in [-0.2, 0) is 14.4 Å². The second kappa shape index (κ2) is 30.4. The Morgan fingerprint density at radius 2 is 0.939 bits per heavy atom. The van der Waals surface area contributed by atoms with E-state index in [-0.39, 0.29) is 24.7 Å². The standard InChI is InChI=1S/C30H66N8O7P4/c1-2-21-46(42)25-35-12-16-37(27-48(44)23-6-29(40)33-10-3-8-31)18-14-36(26-47(43)22-5-20-39)15-19-38(17-13-35)28-49(45)24-7-30(41)34-11-4-9-32/h20,42-45H,2-19,21-28,31-32H2,1H3,(H,33,40)(H,34,41). The Kier molecular flexibility index (Phi) is 29.1. The third kappa shape index (κ3) is 25.5. The molecule has 0 bridgehead atoms. The molecule has 0 aromatic heterocycles. The van der Waals surface area contributed by atoms with E-state index in [0.717, 1.165) is 18.9 Å². The number of amides is 2. The van der Waals surface area contributed by atoms with E-state index >= 15 is 0 Å². The van der Waals surface area contributed by atoms with E-state index in [4.69, 9.17) is 11.5 Å². The molecule has 1 fully saturated rings. The number of hydrogen-bond donors (Lipinski definition) is 8. The van der Waals surface area contributed by atoms with Crippen molar-refractivity contribution in [2.75, 3.05) is 128 Å². The van der Waals surface area contributed by atoms with Crippen molar-refractivity contribution in [2.45, 2.75) is 45.4 Å². The fourth-order valence-corrected chi connectivity index (χ4v) is 10.5. The zero-order valence-electron chi connectivity index (χ0n) is 29.7. The molecule has 1 heterocycles. The largest absolute Gasteiger partial charge is 0.373 e. The number of nitrogens with one attached hydrogen (secondary N) is 2. The van der Waals surface area contributed by atoms with Gasteiger partial charge in [0.05, 0.1) is 0 Å². The highest BCUT2D eigenvalue weighted by Gasteiger charge is 2.22. The molecule has 19 heteroatoms. The average Bonchev–Trinajstić information content (AvgIpc) is 3.06. The van der Waals surface area contributed by atoms with E-state index in [1.807, 2.05) is 0 Å². The van der Waals surface area contributed by atoms with E-state index in [9.17, 15) is 34.0 Å². The molecule has 4 unspecified atom stereocenters. The zero-order valence-corrected chi connectivity index (χ0v) is 33.3. The lowest BCUT2D eigenvalue weighted by atomic mass is 10.4. The summed E-state index contributed by atoms with van der Waals surface area (Å²) in [6, 6.07) is 0. The molecule has 288 valence electrons. The monoisotopic (exact) mass is 774 g/mol. The topological polar surface area (TPSA) is 221 Å². The number of aldehydes is 1. The van der Waals surface area contributed by atoms with Gasteiger partial charge in [0, 0.05) is 155 Å². The number of hydrogen-bond acceptors (Lipinski definition) is 13. The van der Waals surface area contributed by atoms with Crippen LogP contribution in [-0.4, -0.2) is 186 Å². The predicted octanol–water partition coefficient (Wildman–Crippen LogP) is 0.304. The second-order valence-corrected chi connectivity index (χ2v) is 19.4. The lowest BCUT2D eigenvalue weighted by molar-refractivity contribution is -0.121. The van der Waals surface area contributed by atoms with Gasteiger partial charge < -0.3 is 46.5 Å². The van der Waals surface area contributed by atoms with Gasteiger partial charge in [0.25, 0.3) is 0 Å². The molecule has 10 N–H and O–H groups in total. The first-order valence-corrected chi connectivity index (χ1v) is 24.3. The summed E-state index contributed by atoms with van der Waals surface area (Å²) in [5, 5.41) is 5.69. The molecule has 1 rings (SSSR count). The number of carbonyl (C=O) groups is 3. The van der Waals surface area contributed by atoms with Crippen LogP contribution >= 0.6 is 32.6 Å². The number of nitrogens with zero attached hydrogens (tertiary/aromatic N) is 4. The molecule has 15 nitrogen and oxygen atoms in total. The Bertz CT molecular complexity index is 829. The quantitative estimate of drug-likeness (QED) is 0.0356. The first kappa shape index (κ1) is 47.0. The molecule has 0 aromatic rings. The Hall–Kier alpha value is -0.0700. The lowest BCUT2D eigenvalue weighted by Crippen LogP contribution is -2.46. The molecule has 1 aliphatic rings. The highest BCUT2D eigenvalue weighted by atomic mass is 31.1. The molecule has 0 spiro atoms. The summed E-state index contributed by atoms with van der Waals surface area (Å²) < 4.78 is 0. The minimum absolute atomic E-state index is 0.0817. The average molecular weight is 775 g/mol. The van der Waals surface area contributed by atoms with Crippen molar-refractivity contribution in [1.82, 2.24) is 30.2 Å². The van der Waals surface area contributed by atoms with Crippen LogP contribution in [0.3, 0.4) is 0 Å². The van der Waals surface area contributed by atoms with Gasteiger partial charge in [-0.1, -0.05) is 13.3 Å². The van der Waals surface area contributed by atoms with Gasteiger partial charge in [-0.05, 0) is 38.3 Å². The molecule has 0 aromatic carbocycles. The minimum Gasteiger partial charge on any atom is -0.373 e. The first-order chi connectivity index (χ1) is 23.6. The van der Waals surface area contributed by atoms with Crippen molar-refractivity contribution < 1.29 is 34.0 Å². The van der Waals surface area contributed by atoms with Crippen molar-refractivity contribution in [1.29, 1.82) is 0 Å². The highest BCUT2D eigenvalue weighted by Crippen LogP contribution is 2.35. The summed E-state index contributed by atoms with van der Waals surface area (Å²) in [6.45, 7) is 9.52. The van der Waals surface area contributed by atoms with Gasteiger partial charge in [0.15, 0.2) is 0 Å². The van der Waals surface area contributed by atoms with Crippen LogP contribution in [0.15, 0.2) is 0 Å². The highest BCUT2D eigenvalue weighted by molar-refractivity contribution is 7.52. The fraction of sp³-hybridized carbons (Fsp3) is 0.900. The Morgan fingerprint density at radius 3 is 1.24 bits per heavy atom. The van der Waals surface area contributed by atoms with Gasteiger partial charge >= 0.3 is 0 Å². The smallest absolute Gasteiger partial charge is 0.220 e. The third-order valence-electron chi connectivity index (χ3n) is 7.97. The molecule has 49 heavy (non-hydrogen) atoms. The fourth-order valence-electron chi connectivity index (χ4n) is 5.11. The lowest BCUT2D eigenvalue weighted by Gasteiger charge is -2.36. The number of nitrogens with two attached hydrogens (primary N) is 2. The first-order valence-electron chi connectivity index (χ1n) is 17.6. The third-order valence-corrected chi connectivity index (χ3v) is 14.1. The van der Waals surface area contributed by atoms with Crippen molar-refractivity contribution in [3.63, 3.8) is 0 Å². The summed E-state index contributed by atoms with van der Waals surface area (Å²) in [4.78, 5) is 87.8. The van der Waals surface area contributed by atoms with Gasteiger partial charge in [-0.2, -0.15) is 0 Å². The molecular weight excluding hydrogens is 708 g/mol. The molecule has 4 atom stereocenters. The van der Waals surface area contributed by atoms with E-state index < -0.39 is 32.6 Å². The normalized spacial score (nSPS) is 18.9. The summed E-state index contributed by atoms with van der Waals surface area (Å²) in [5.41, 5.74) is 11.0. The van der Waals surface area contributed by atoms with E-state index in [1.54, 1.807) is 0 Å². The van der Waals surface area contributed by atoms with Crippen LogP contribution in [0, 0.1) is 0 Å². The van der Waals surface area contributed by atoms with Gasteiger partial charge in [-0.15, -0.1) is 0 Å². The van der Waals surface area contributed by atoms with E-state index in [2.05, 4.69) is 37.2 Å². The minimum atomic E-state index is -1.40.